The Morgan fingerprint density at radius 3 is 1.99 bits per heavy atom. The van der Waals surface area contributed by atoms with Crippen LogP contribution in [0.1, 0.15) is 153 Å². The summed E-state index contributed by atoms with van der Waals surface area (Å²) in [5, 5.41) is 33.6. The molecule has 4 aliphatic heterocycles. The third-order valence-electron chi connectivity index (χ3n) is 24.6. The Hall–Kier alpha value is -8.66. The second kappa shape index (κ2) is 56.5. The summed E-state index contributed by atoms with van der Waals surface area (Å²) in [5.41, 5.74) is 20.6. The number of piperidine rings is 1. The van der Waals surface area contributed by atoms with E-state index in [4.69, 9.17) is 76.8 Å². The maximum atomic E-state index is 14.9. The van der Waals surface area contributed by atoms with E-state index in [0.717, 1.165) is 22.3 Å². The van der Waals surface area contributed by atoms with Crippen LogP contribution in [-0.4, -0.2) is 301 Å². The second-order valence-electron chi connectivity index (χ2n) is 34.5. The lowest BCUT2D eigenvalue weighted by Crippen LogP contribution is -2.61. The van der Waals surface area contributed by atoms with E-state index in [0.29, 0.717) is 185 Å². The Morgan fingerprint density at radius 1 is 0.710 bits per heavy atom. The van der Waals surface area contributed by atoms with Crippen molar-refractivity contribution in [2.45, 2.75) is 211 Å². The van der Waals surface area contributed by atoms with E-state index in [2.05, 4.69) is 25.6 Å². The SMILES string of the molecule is CO[C@H]1C[C@@H]2CC[C@@H](C)[C@@](O)(O2)C(=O)C(=O)N2CCCC[C@H]2C(=O)O[C@H]([C@H](C)C[C@@H]2CC[C@@H](OC(=O)NCCOCCOCCOCCOCCOCCOCCOCCOCCC(=O)NCCS(=O)(=O)c3ccc(C(=O)N4CCOc5ccc(-c6ccc(N)nc6)cc5C4)c(C)c3)[C@H](OC)C2)C[C@H](N=[N+]=[N-])[C@H](C)/C=C(\C)[C@@H](O)[C@@H](OC)C(=O)[C@H](C)C[C@H](C)/C=C/C=C/C=C/1C. The van der Waals surface area contributed by atoms with Gasteiger partial charge < -0.3 is 107 Å². The van der Waals surface area contributed by atoms with Crippen LogP contribution in [0.4, 0.5) is 10.6 Å². The lowest BCUT2D eigenvalue weighted by atomic mass is 9.78. The number of carbonyl (C=O) groups excluding carboxylic acids is 7. The number of amides is 4. The molecule has 2 aromatic carbocycles. The molecule has 2 saturated heterocycles. The number of aliphatic hydroxyl groups excluding tert-OH is 1. The number of Topliss-reactive ketones (excluding diaryl/α,β-unsaturated/α-hetero) is 2. The molecule has 0 radical (unpaired) electrons. The first kappa shape index (κ1) is 108. The summed E-state index contributed by atoms with van der Waals surface area (Å²) in [6.45, 7) is 20.6. The fourth-order valence-electron chi connectivity index (χ4n) is 16.9. The van der Waals surface area contributed by atoms with Gasteiger partial charge in [-0.2, -0.15) is 0 Å². The number of aromatic nitrogens is 1. The molecule has 1 aliphatic carbocycles. The summed E-state index contributed by atoms with van der Waals surface area (Å²) in [7, 11) is 0.704. The number of methoxy groups -OCH3 is 3. The highest BCUT2D eigenvalue weighted by molar-refractivity contribution is 7.91. The number of hydrogen-bond acceptors (Lipinski definition) is 29. The Kier molecular flexibility index (Phi) is 46.4. The van der Waals surface area contributed by atoms with Gasteiger partial charge in [0.2, 0.25) is 11.7 Å². The third-order valence-corrected chi connectivity index (χ3v) is 26.3. The Morgan fingerprint density at radius 2 is 1.37 bits per heavy atom. The Balaban J connectivity index is 0.655. The monoisotopic (exact) mass is 1860 g/mol. The van der Waals surface area contributed by atoms with E-state index in [-0.39, 0.29) is 112 Å². The molecule has 1 saturated carbocycles. The number of carbonyl (C=O) groups is 7. The first-order valence-electron chi connectivity index (χ1n) is 45.9. The smallest absolute Gasteiger partial charge is 0.407 e. The van der Waals surface area contributed by atoms with Crippen LogP contribution in [-0.2, 0) is 107 Å². The molecule has 3 aromatic rings. The van der Waals surface area contributed by atoms with Crippen molar-refractivity contribution >= 4 is 57.0 Å². The zero-order valence-electron chi connectivity index (χ0n) is 78.1. The molecule has 8 rings (SSSR count). The number of nitrogens with zero attached hydrogens (tertiary/aromatic N) is 6. The predicted octanol–water partition coefficient (Wildman–Crippen LogP) is 10.1. The first-order valence-corrected chi connectivity index (χ1v) is 47.6. The van der Waals surface area contributed by atoms with E-state index in [1.54, 1.807) is 65.2 Å². The van der Waals surface area contributed by atoms with Gasteiger partial charge in [0.25, 0.3) is 17.6 Å². The number of cyclic esters (lactones) is 1. The van der Waals surface area contributed by atoms with Gasteiger partial charge >= 0.3 is 12.1 Å². The lowest BCUT2D eigenvalue weighted by Gasteiger charge is -2.43. The maximum absolute atomic E-state index is 14.9. The highest BCUT2D eigenvalue weighted by Gasteiger charge is 2.53. The predicted molar refractivity (Wildman–Crippen MR) is 487 cm³/mol. The fraction of sp³-hybridized carbons (Fsp3) is 0.663. The highest BCUT2D eigenvalue weighted by atomic mass is 32.2. The number of aryl methyl sites for hydroxylation is 1. The number of ketones is 2. The van der Waals surface area contributed by atoms with Crippen LogP contribution < -0.4 is 21.1 Å². The molecule has 35 nitrogen and oxygen atoms in total. The lowest BCUT2D eigenvalue weighted by molar-refractivity contribution is -0.265. The molecule has 16 atom stereocenters. The molecule has 131 heavy (non-hydrogen) atoms. The van der Waals surface area contributed by atoms with Crippen molar-refractivity contribution in [2.24, 2.45) is 40.6 Å². The van der Waals surface area contributed by atoms with Crippen molar-refractivity contribution in [3.63, 3.8) is 0 Å². The van der Waals surface area contributed by atoms with Crippen LogP contribution in [0.3, 0.4) is 0 Å². The summed E-state index contributed by atoms with van der Waals surface area (Å²) in [6, 6.07) is 11.7. The minimum atomic E-state index is -3.79. The molecule has 0 unspecified atom stereocenters. The third kappa shape index (κ3) is 34.6. The summed E-state index contributed by atoms with van der Waals surface area (Å²) >= 11 is 0. The van der Waals surface area contributed by atoms with Crippen LogP contribution >= 0.6 is 0 Å². The zero-order chi connectivity index (χ0) is 94.8. The van der Waals surface area contributed by atoms with Crippen molar-refractivity contribution in [1.82, 2.24) is 25.4 Å². The van der Waals surface area contributed by atoms with E-state index in [9.17, 15) is 57.7 Å². The highest BCUT2D eigenvalue weighted by Crippen LogP contribution is 2.40. The van der Waals surface area contributed by atoms with Gasteiger partial charge in [0, 0.05) is 106 Å². The van der Waals surface area contributed by atoms with Crippen molar-refractivity contribution in [3.8, 4) is 16.9 Å². The molecular weight excluding hydrogens is 1720 g/mol. The number of benzene rings is 2. The molecule has 2 bridgehead atoms. The molecular formula is C95H141N9O26S. The number of hydrogen-bond donors (Lipinski definition) is 5. The van der Waals surface area contributed by atoms with Crippen LogP contribution in [0.15, 0.2) is 112 Å². The average Bonchev–Trinajstić information content (AvgIpc) is 1.64. The van der Waals surface area contributed by atoms with Gasteiger partial charge in [0.15, 0.2) is 15.6 Å². The van der Waals surface area contributed by atoms with Gasteiger partial charge in [-0.05, 0) is 185 Å². The number of allylic oxidation sites excluding steroid dienone is 5. The van der Waals surface area contributed by atoms with E-state index in [1.165, 1.54) is 30.2 Å². The number of rotatable bonds is 41. The quantitative estimate of drug-likeness (QED) is 0.00670. The molecule has 36 heteroatoms. The largest absolute Gasteiger partial charge is 0.491 e. The number of nitrogen functional groups attached to an aromatic ring is 1. The summed E-state index contributed by atoms with van der Waals surface area (Å²) in [6.07, 6.45) is 11.5. The number of alkyl carbamates (subject to hydrolysis) is 1. The molecule has 4 amide bonds. The topological polar surface area (TPSA) is 451 Å². The van der Waals surface area contributed by atoms with Gasteiger partial charge in [-0.25, -0.2) is 23.0 Å². The van der Waals surface area contributed by atoms with Crippen molar-refractivity contribution in [3.05, 3.63) is 129 Å². The van der Waals surface area contributed by atoms with Crippen LogP contribution in [0.2, 0.25) is 0 Å². The second-order valence-corrected chi connectivity index (χ2v) is 36.6. The van der Waals surface area contributed by atoms with Crippen molar-refractivity contribution in [2.75, 3.05) is 171 Å². The van der Waals surface area contributed by atoms with Crippen LogP contribution in [0.25, 0.3) is 21.6 Å². The van der Waals surface area contributed by atoms with E-state index >= 15 is 0 Å². The fourth-order valence-corrected chi connectivity index (χ4v) is 18.1. The number of azide groups is 1. The number of anilines is 1. The molecule has 728 valence electrons. The molecule has 6 N–H and O–H groups in total. The standard InChI is InChI=1S/C95H141N9O26S/c1-63-17-13-12-14-18-64(2)82(116-9)59-75-24-20-70(8)95(113,130-75)90(108)92(110)104-33-16-15-19-79(104)93(111)128-83(60-78(101-102-97)66(4)54-69(7)88(107)89(118-11)87(106)68(6)53-63)67(5)55-71-21-27-81(84(57-71)117-10)129-94(112)99-31-36-120-39-41-122-43-45-124-47-49-126-51-50-125-48-46-123-44-42-121-40-38-119-35-30-86(105)98-32-52-131(114,115)76-25-26-77(65(3)56-76)91(109)103-34-37-127-80-28-22-72(58-74(80)62-103)73-23-29-85(96)100-61-73/h12-14,17-18,22-23,25-26,28-29,54,56,58,61,63,66-68,70-71,75,78-79,81-84,88-89,107,113H,15-16,19-21,24,27,30-53,55,57,59-60,62H2,1-11H3,(H2,96,100)(H,98,105)(H,99,112)/b14-12+,17-13+,64-18+,69-54+/t63-,66-,67-,68-,70-,71+,75+,78+,79+,81-,82+,83+,84-,88-,89+,95-/m1/s1. The van der Waals surface area contributed by atoms with Gasteiger partial charge in [-0.1, -0.05) is 82.3 Å². The first-order chi connectivity index (χ1) is 63.0. The number of sulfone groups is 1. The van der Waals surface area contributed by atoms with Gasteiger partial charge in [0.1, 0.15) is 48.6 Å². The Bertz CT molecular complexity index is 4400. The summed E-state index contributed by atoms with van der Waals surface area (Å²) < 4.78 is 113. The van der Waals surface area contributed by atoms with E-state index < -0.39 is 118 Å². The van der Waals surface area contributed by atoms with Crippen LogP contribution in [0.5, 0.6) is 5.75 Å². The normalized spacial score (nSPS) is 27.0. The van der Waals surface area contributed by atoms with Crippen molar-refractivity contribution in [1.29, 1.82) is 0 Å². The van der Waals surface area contributed by atoms with Crippen molar-refractivity contribution < 1.29 is 123 Å². The Labute approximate surface area is 771 Å². The van der Waals surface area contributed by atoms with Gasteiger partial charge in [-0.15, -0.1) is 0 Å². The van der Waals surface area contributed by atoms with Gasteiger partial charge in [-0.3, -0.25) is 24.0 Å². The number of esters is 1. The molecule has 5 aliphatic rings. The maximum Gasteiger partial charge on any atom is 0.407 e. The minimum Gasteiger partial charge on any atom is -0.491 e. The van der Waals surface area contributed by atoms with E-state index in [1.807, 2.05) is 82.3 Å². The average molecular weight is 1860 g/mol. The number of pyridine rings is 1. The molecule has 0 spiro atoms. The number of nitrogens with two attached hydrogens (primary N) is 1. The number of fused-ring (bicyclic) bond motifs is 4. The molecule has 1 aromatic heterocycles. The summed E-state index contributed by atoms with van der Waals surface area (Å²) in [5.74, 6) is -7.92. The summed E-state index contributed by atoms with van der Waals surface area (Å²) in [4.78, 5) is 108. The van der Waals surface area contributed by atoms with Gasteiger partial charge in [0.05, 0.1) is 141 Å². The zero-order valence-corrected chi connectivity index (χ0v) is 79.0. The minimum absolute atomic E-state index is 0.00124. The number of aliphatic hydroxyl groups is 2. The van der Waals surface area contributed by atoms with Crippen LogP contribution in [0, 0.1) is 42.4 Å². The number of ether oxygens (including phenoxy) is 15. The molecule has 3 fully saturated rings. The number of nitrogens with one attached hydrogen (secondary N) is 2. The molecule has 5 heterocycles.